The van der Waals surface area contributed by atoms with Crippen molar-refractivity contribution in [3.8, 4) is 0 Å². The van der Waals surface area contributed by atoms with Gasteiger partial charge in [-0.15, -0.1) is 0 Å². The van der Waals surface area contributed by atoms with Gasteiger partial charge < -0.3 is 10.4 Å². The van der Waals surface area contributed by atoms with Crippen LogP contribution in [0.3, 0.4) is 0 Å². The van der Waals surface area contributed by atoms with E-state index in [0.29, 0.717) is 28.8 Å². The molecule has 0 radical (unpaired) electrons. The molecule has 7 heteroatoms. The fourth-order valence-corrected chi connectivity index (χ4v) is 3.05. The van der Waals surface area contributed by atoms with E-state index < -0.39 is 23.7 Å². The zero-order chi connectivity index (χ0) is 17.7. The standard InChI is InChI=1S/C17H19FN2O3S/c1-3-24-7-6-15(17(22)23)20-16(21)13-8-10(2)19-14-5-4-11(18)9-12(13)14/h4-5,8-9,15H,3,6-7H2,1-2H3,(H,20,21)(H,22,23). The lowest BCUT2D eigenvalue weighted by atomic mass is 10.1. The molecule has 2 aromatic rings. The molecule has 0 fully saturated rings. The van der Waals surface area contributed by atoms with E-state index in [4.69, 9.17) is 0 Å². The molecule has 1 atom stereocenters. The number of carbonyl (C=O) groups excluding carboxylic acids is 1. The van der Waals surface area contributed by atoms with Crippen LogP contribution in [-0.4, -0.2) is 39.5 Å². The van der Waals surface area contributed by atoms with Crippen LogP contribution in [0.1, 0.15) is 29.4 Å². The van der Waals surface area contributed by atoms with Crippen LogP contribution in [0.25, 0.3) is 10.9 Å². The molecule has 0 aliphatic rings. The van der Waals surface area contributed by atoms with Gasteiger partial charge in [0.05, 0.1) is 11.1 Å². The Labute approximate surface area is 143 Å². The molecule has 24 heavy (non-hydrogen) atoms. The number of benzene rings is 1. The molecule has 5 nitrogen and oxygen atoms in total. The molecule has 0 spiro atoms. The van der Waals surface area contributed by atoms with Gasteiger partial charge in [-0.3, -0.25) is 9.78 Å². The first-order chi connectivity index (χ1) is 11.4. The highest BCUT2D eigenvalue weighted by Gasteiger charge is 2.22. The molecule has 0 bridgehead atoms. The molecule has 2 rings (SSSR count). The number of fused-ring (bicyclic) bond motifs is 1. The maximum atomic E-state index is 13.5. The minimum atomic E-state index is -1.08. The van der Waals surface area contributed by atoms with Gasteiger partial charge in [0.1, 0.15) is 11.9 Å². The number of nitrogens with one attached hydrogen (secondary N) is 1. The van der Waals surface area contributed by atoms with Crippen molar-refractivity contribution in [3.05, 3.63) is 41.3 Å². The van der Waals surface area contributed by atoms with Gasteiger partial charge in [0, 0.05) is 11.1 Å². The van der Waals surface area contributed by atoms with E-state index in [0.717, 1.165) is 5.75 Å². The Morgan fingerprint density at radius 1 is 1.38 bits per heavy atom. The van der Waals surface area contributed by atoms with Crippen LogP contribution in [-0.2, 0) is 4.79 Å². The summed E-state index contributed by atoms with van der Waals surface area (Å²) in [5.74, 6) is -0.575. The van der Waals surface area contributed by atoms with Gasteiger partial charge in [0.15, 0.2) is 0 Å². The number of pyridine rings is 1. The maximum Gasteiger partial charge on any atom is 0.326 e. The summed E-state index contributed by atoms with van der Waals surface area (Å²) in [6, 6.07) is 4.57. The molecule has 0 aliphatic heterocycles. The van der Waals surface area contributed by atoms with Crippen molar-refractivity contribution in [2.75, 3.05) is 11.5 Å². The Hall–Kier alpha value is -2.15. The van der Waals surface area contributed by atoms with E-state index in [-0.39, 0.29) is 5.56 Å². The highest BCUT2D eigenvalue weighted by molar-refractivity contribution is 7.99. The predicted octanol–water partition coefficient (Wildman–Crippen LogP) is 3.01. The number of carboxylic acid groups (broad SMARTS) is 1. The van der Waals surface area contributed by atoms with Gasteiger partial charge >= 0.3 is 5.97 Å². The molecule has 1 heterocycles. The highest BCUT2D eigenvalue weighted by atomic mass is 32.2. The fraction of sp³-hybridized carbons (Fsp3) is 0.353. The lowest BCUT2D eigenvalue weighted by molar-refractivity contribution is -0.139. The summed E-state index contributed by atoms with van der Waals surface area (Å²) >= 11 is 1.61. The minimum absolute atomic E-state index is 0.228. The number of hydrogen-bond acceptors (Lipinski definition) is 4. The third kappa shape index (κ3) is 4.44. The minimum Gasteiger partial charge on any atom is -0.480 e. The number of halogens is 1. The third-order valence-electron chi connectivity index (χ3n) is 3.50. The average Bonchev–Trinajstić information content (AvgIpc) is 2.53. The topological polar surface area (TPSA) is 79.3 Å². The van der Waals surface area contributed by atoms with Gasteiger partial charge in [-0.2, -0.15) is 11.8 Å². The summed E-state index contributed by atoms with van der Waals surface area (Å²) < 4.78 is 13.5. The molecular weight excluding hydrogens is 331 g/mol. The predicted molar refractivity (Wildman–Crippen MR) is 92.9 cm³/mol. The second kappa shape index (κ2) is 8.10. The van der Waals surface area contributed by atoms with E-state index in [1.165, 1.54) is 24.3 Å². The normalized spacial score (nSPS) is 12.1. The average molecular weight is 350 g/mol. The van der Waals surface area contributed by atoms with E-state index in [1.54, 1.807) is 18.7 Å². The van der Waals surface area contributed by atoms with Crippen molar-refractivity contribution in [2.45, 2.75) is 26.3 Å². The van der Waals surface area contributed by atoms with Gasteiger partial charge in [-0.25, -0.2) is 9.18 Å². The molecule has 0 saturated heterocycles. The Morgan fingerprint density at radius 3 is 2.79 bits per heavy atom. The zero-order valence-corrected chi connectivity index (χ0v) is 14.3. The lowest BCUT2D eigenvalue weighted by Crippen LogP contribution is -2.41. The van der Waals surface area contributed by atoms with E-state index in [9.17, 15) is 19.1 Å². The molecule has 1 unspecified atom stereocenters. The summed E-state index contributed by atoms with van der Waals surface area (Å²) in [4.78, 5) is 28.2. The van der Waals surface area contributed by atoms with Crippen LogP contribution in [0, 0.1) is 12.7 Å². The zero-order valence-electron chi connectivity index (χ0n) is 13.5. The van der Waals surface area contributed by atoms with Crippen LogP contribution < -0.4 is 5.32 Å². The molecule has 0 saturated carbocycles. The van der Waals surface area contributed by atoms with Crippen LogP contribution in [0.4, 0.5) is 4.39 Å². The second-order valence-electron chi connectivity index (χ2n) is 5.32. The Balaban J connectivity index is 2.29. The first-order valence-electron chi connectivity index (χ1n) is 7.60. The Morgan fingerprint density at radius 2 is 2.12 bits per heavy atom. The number of aromatic nitrogens is 1. The SMILES string of the molecule is CCSCCC(NC(=O)c1cc(C)nc2ccc(F)cc12)C(=O)O. The Kier molecular flexibility index (Phi) is 6.14. The van der Waals surface area contributed by atoms with Crippen molar-refractivity contribution in [1.29, 1.82) is 0 Å². The largest absolute Gasteiger partial charge is 0.480 e. The van der Waals surface area contributed by atoms with Crippen molar-refractivity contribution >= 4 is 34.5 Å². The van der Waals surface area contributed by atoms with Crippen LogP contribution in [0.15, 0.2) is 24.3 Å². The third-order valence-corrected chi connectivity index (χ3v) is 4.43. The van der Waals surface area contributed by atoms with Gasteiger partial charge in [-0.05, 0) is 49.1 Å². The molecule has 128 valence electrons. The maximum absolute atomic E-state index is 13.5. The lowest BCUT2D eigenvalue weighted by Gasteiger charge is -2.15. The summed E-state index contributed by atoms with van der Waals surface area (Å²) in [5.41, 5.74) is 1.33. The van der Waals surface area contributed by atoms with E-state index in [1.807, 2.05) is 6.92 Å². The quantitative estimate of drug-likeness (QED) is 0.751. The highest BCUT2D eigenvalue weighted by Crippen LogP contribution is 2.20. The summed E-state index contributed by atoms with van der Waals surface area (Å²) in [7, 11) is 0. The number of aryl methyl sites for hydroxylation is 1. The second-order valence-corrected chi connectivity index (χ2v) is 6.72. The monoisotopic (exact) mass is 350 g/mol. The van der Waals surface area contributed by atoms with Gasteiger partial charge in [-0.1, -0.05) is 6.92 Å². The Bertz CT molecular complexity index is 767. The van der Waals surface area contributed by atoms with Crippen molar-refractivity contribution < 1.29 is 19.1 Å². The number of amides is 1. The first kappa shape index (κ1) is 18.2. The number of aliphatic carboxylic acids is 1. The summed E-state index contributed by atoms with van der Waals surface area (Å²) in [6.45, 7) is 3.71. The molecule has 0 aliphatic carbocycles. The molecule has 1 amide bonds. The van der Waals surface area contributed by atoms with E-state index in [2.05, 4.69) is 10.3 Å². The smallest absolute Gasteiger partial charge is 0.326 e. The van der Waals surface area contributed by atoms with Crippen LogP contribution in [0.2, 0.25) is 0 Å². The number of hydrogen-bond donors (Lipinski definition) is 2. The number of carbonyl (C=O) groups is 2. The van der Waals surface area contributed by atoms with Crippen molar-refractivity contribution in [1.82, 2.24) is 10.3 Å². The summed E-state index contributed by atoms with van der Waals surface area (Å²) in [6.07, 6.45) is 0.329. The molecule has 1 aromatic heterocycles. The number of thioether (sulfide) groups is 1. The van der Waals surface area contributed by atoms with Crippen molar-refractivity contribution in [3.63, 3.8) is 0 Å². The van der Waals surface area contributed by atoms with Gasteiger partial charge in [0.25, 0.3) is 5.91 Å². The molecule has 1 aromatic carbocycles. The van der Waals surface area contributed by atoms with Crippen LogP contribution >= 0.6 is 11.8 Å². The fourth-order valence-electron chi connectivity index (χ4n) is 2.36. The van der Waals surface area contributed by atoms with Crippen molar-refractivity contribution in [2.24, 2.45) is 0 Å². The summed E-state index contributed by atoms with van der Waals surface area (Å²) in [5, 5.41) is 12.2. The number of carboxylic acids is 1. The first-order valence-corrected chi connectivity index (χ1v) is 8.76. The number of rotatable bonds is 7. The van der Waals surface area contributed by atoms with Gasteiger partial charge in [0.2, 0.25) is 0 Å². The molecular formula is C17H19FN2O3S. The molecule has 2 N–H and O–H groups in total. The number of nitrogens with zero attached hydrogens (tertiary/aromatic N) is 1. The van der Waals surface area contributed by atoms with Crippen LogP contribution in [0.5, 0.6) is 0 Å². The van der Waals surface area contributed by atoms with E-state index >= 15 is 0 Å².